The summed E-state index contributed by atoms with van der Waals surface area (Å²) in [4.78, 5) is 29.0. The molecule has 0 atom stereocenters. The van der Waals surface area contributed by atoms with Gasteiger partial charge in [0.2, 0.25) is 0 Å². The smallest absolute Gasteiger partial charge is 0.339 e. The van der Waals surface area contributed by atoms with Crippen molar-refractivity contribution in [3.8, 4) is 11.5 Å². The fourth-order valence-corrected chi connectivity index (χ4v) is 4.81. The van der Waals surface area contributed by atoms with E-state index in [9.17, 15) is 9.59 Å². The highest BCUT2D eigenvalue weighted by Gasteiger charge is 2.20. The third kappa shape index (κ3) is 3.74. The third-order valence-corrected chi connectivity index (χ3v) is 6.18. The van der Waals surface area contributed by atoms with Crippen LogP contribution in [0.5, 0.6) is 11.5 Å². The zero-order chi connectivity index (χ0) is 21.4. The minimum Gasteiger partial charge on any atom is -0.492 e. The van der Waals surface area contributed by atoms with Gasteiger partial charge in [-0.3, -0.25) is 10.1 Å². The van der Waals surface area contributed by atoms with Gasteiger partial charge < -0.3 is 13.9 Å². The van der Waals surface area contributed by atoms with E-state index < -0.39 is 0 Å². The van der Waals surface area contributed by atoms with Gasteiger partial charge in [0.15, 0.2) is 11.7 Å². The van der Waals surface area contributed by atoms with Gasteiger partial charge in [-0.25, -0.2) is 9.78 Å². The maximum Gasteiger partial charge on any atom is 0.339 e. The number of amides is 1. The third-order valence-electron chi connectivity index (χ3n) is 5.24. The minimum absolute atomic E-state index is 0.186. The second kappa shape index (κ2) is 8.03. The van der Waals surface area contributed by atoms with Crippen molar-refractivity contribution >= 4 is 43.6 Å². The molecule has 0 saturated heterocycles. The summed E-state index contributed by atoms with van der Waals surface area (Å²) in [6, 6.07) is 11.0. The normalized spacial score (nSPS) is 12.8. The number of anilines is 1. The van der Waals surface area contributed by atoms with Crippen LogP contribution < -0.4 is 20.4 Å². The SMILES string of the molecule is CCOc1cccc2sc(NC(=O)COc3ccc4c5c(c(=O)oc4c3)CCC5)nc12. The Morgan fingerprint density at radius 1 is 1.19 bits per heavy atom. The molecule has 0 aliphatic heterocycles. The Labute approximate surface area is 181 Å². The van der Waals surface area contributed by atoms with Crippen molar-refractivity contribution < 1.29 is 18.7 Å². The summed E-state index contributed by atoms with van der Waals surface area (Å²) < 4.78 is 17.6. The van der Waals surface area contributed by atoms with Gasteiger partial charge in [0, 0.05) is 17.0 Å². The van der Waals surface area contributed by atoms with E-state index >= 15 is 0 Å². The number of hydrogen-bond acceptors (Lipinski definition) is 7. The van der Waals surface area contributed by atoms with Crippen LogP contribution in [0.25, 0.3) is 21.2 Å². The zero-order valence-electron chi connectivity index (χ0n) is 16.9. The van der Waals surface area contributed by atoms with Crippen LogP contribution in [-0.2, 0) is 17.6 Å². The van der Waals surface area contributed by atoms with Crippen LogP contribution in [0.2, 0.25) is 0 Å². The number of aryl methyl sites for hydroxylation is 1. The van der Waals surface area contributed by atoms with Crippen molar-refractivity contribution in [3.05, 3.63) is 57.9 Å². The molecule has 2 heterocycles. The van der Waals surface area contributed by atoms with E-state index in [0.29, 0.717) is 28.8 Å². The summed E-state index contributed by atoms with van der Waals surface area (Å²) in [5, 5.41) is 4.18. The molecule has 8 heteroatoms. The quantitative estimate of drug-likeness (QED) is 0.453. The molecule has 7 nitrogen and oxygen atoms in total. The minimum atomic E-state index is -0.326. The van der Waals surface area contributed by atoms with Crippen LogP contribution in [0.4, 0.5) is 5.13 Å². The number of hydrogen-bond donors (Lipinski definition) is 1. The first-order chi connectivity index (χ1) is 15.1. The van der Waals surface area contributed by atoms with E-state index in [1.54, 1.807) is 12.1 Å². The Morgan fingerprint density at radius 2 is 2.06 bits per heavy atom. The number of rotatable bonds is 6. The molecule has 0 spiro atoms. The van der Waals surface area contributed by atoms with E-state index in [0.717, 1.165) is 46.0 Å². The molecule has 0 radical (unpaired) electrons. The zero-order valence-corrected chi connectivity index (χ0v) is 17.7. The molecule has 1 N–H and O–H groups in total. The lowest BCUT2D eigenvalue weighted by molar-refractivity contribution is -0.118. The number of thiazole rings is 1. The van der Waals surface area contributed by atoms with Gasteiger partial charge in [-0.1, -0.05) is 17.4 Å². The second-order valence-corrected chi connectivity index (χ2v) is 8.28. The number of nitrogens with one attached hydrogen (secondary N) is 1. The van der Waals surface area contributed by atoms with E-state index in [-0.39, 0.29) is 18.1 Å². The summed E-state index contributed by atoms with van der Waals surface area (Å²) in [6.07, 6.45) is 2.62. The summed E-state index contributed by atoms with van der Waals surface area (Å²) in [6.45, 7) is 2.27. The van der Waals surface area contributed by atoms with Crippen molar-refractivity contribution in [1.82, 2.24) is 4.98 Å². The van der Waals surface area contributed by atoms with Crippen LogP contribution in [-0.4, -0.2) is 24.1 Å². The summed E-state index contributed by atoms with van der Waals surface area (Å²) >= 11 is 1.37. The highest BCUT2D eigenvalue weighted by Crippen LogP contribution is 2.32. The molecular formula is C23H20N2O5S. The number of ether oxygens (including phenoxy) is 2. The standard InChI is InChI=1S/C23H20N2O5S/c1-2-28-17-7-4-8-19-21(17)25-23(31-19)24-20(26)12-29-13-9-10-15-14-5-3-6-16(14)22(27)30-18(15)11-13/h4,7-11H,2-3,5-6,12H2,1H3,(H,24,25,26). The number of fused-ring (bicyclic) bond motifs is 4. The highest BCUT2D eigenvalue weighted by molar-refractivity contribution is 7.22. The molecule has 5 rings (SSSR count). The van der Waals surface area contributed by atoms with Gasteiger partial charge in [0.05, 0.1) is 11.3 Å². The van der Waals surface area contributed by atoms with Gasteiger partial charge in [0.25, 0.3) is 5.91 Å². The summed E-state index contributed by atoms with van der Waals surface area (Å²) in [5.41, 5.74) is 2.78. The first-order valence-electron chi connectivity index (χ1n) is 10.2. The van der Waals surface area contributed by atoms with Crippen molar-refractivity contribution in [2.45, 2.75) is 26.2 Å². The molecule has 2 aromatic carbocycles. The Kier molecular flexibility index (Phi) is 5.07. The number of para-hydroxylation sites is 1. The van der Waals surface area contributed by atoms with E-state index in [2.05, 4.69) is 10.3 Å². The van der Waals surface area contributed by atoms with Gasteiger partial charge >= 0.3 is 5.63 Å². The summed E-state index contributed by atoms with van der Waals surface area (Å²) in [5.74, 6) is 0.830. The van der Waals surface area contributed by atoms with Crippen molar-refractivity contribution in [1.29, 1.82) is 0 Å². The number of carbonyl (C=O) groups excluding carboxylic acids is 1. The van der Waals surface area contributed by atoms with Crippen molar-refractivity contribution in [2.75, 3.05) is 18.5 Å². The van der Waals surface area contributed by atoms with Gasteiger partial charge in [-0.15, -0.1) is 0 Å². The van der Waals surface area contributed by atoms with E-state index in [1.807, 2.05) is 31.2 Å². The topological polar surface area (TPSA) is 90.7 Å². The largest absolute Gasteiger partial charge is 0.492 e. The monoisotopic (exact) mass is 436 g/mol. The molecule has 2 aromatic heterocycles. The lowest BCUT2D eigenvalue weighted by atomic mass is 10.1. The molecule has 0 bridgehead atoms. The molecule has 158 valence electrons. The molecule has 1 amide bonds. The van der Waals surface area contributed by atoms with Crippen LogP contribution in [0.3, 0.4) is 0 Å². The molecule has 1 aliphatic rings. The van der Waals surface area contributed by atoms with E-state index in [1.165, 1.54) is 11.3 Å². The Balaban J connectivity index is 1.29. The summed E-state index contributed by atoms with van der Waals surface area (Å²) in [7, 11) is 0. The molecule has 4 aromatic rings. The molecule has 0 fully saturated rings. The lowest BCUT2D eigenvalue weighted by Crippen LogP contribution is -2.20. The number of benzene rings is 2. The Morgan fingerprint density at radius 3 is 2.94 bits per heavy atom. The highest BCUT2D eigenvalue weighted by atomic mass is 32.1. The van der Waals surface area contributed by atoms with E-state index in [4.69, 9.17) is 13.9 Å². The maximum absolute atomic E-state index is 12.4. The second-order valence-electron chi connectivity index (χ2n) is 7.25. The number of nitrogens with zero attached hydrogens (tertiary/aromatic N) is 1. The maximum atomic E-state index is 12.4. The molecule has 1 aliphatic carbocycles. The molecule has 31 heavy (non-hydrogen) atoms. The fourth-order valence-electron chi connectivity index (χ4n) is 3.91. The molecule has 0 saturated carbocycles. The fraction of sp³-hybridized carbons (Fsp3) is 0.261. The van der Waals surface area contributed by atoms with Crippen molar-refractivity contribution in [3.63, 3.8) is 0 Å². The predicted molar refractivity (Wildman–Crippen MR) is 119 cm³/mol. The van der Waals surface area contributed by atoms with Crippen molar-refractivity contribution in [2.24, 2.45) is 0 Å². The van der Waals surface area contributed by atoms with Gasteiger partial charge in [0.1, 0.15) is 22.6 Å². The first-order valence-corrected chi connectivity index (χ1v) is 11.0. The number of aromatic nitrogens is 1. The number of carbonyl (C=O) groups is 1. The predicted octanol–water partition coefficient (Wildman–Crippen LogP) is 4.31. The van der Waals surface area contributed by atoms with Gasteiger partial charge in [-0.05, 0) is 56.0 Å². The van der Waals surface area contributed by atoms with Gasteiger partial charge in [-0.2, -0.15) is 0 Å². The van der Waals surface area contributed by atoms with Crippen LogP contribution in [0.1, 0.15) is 24.5 Å². The Bertz CT molecular complexity index is 1360. The average Bonchev–Trinajstić information content (AvgIpc) is 3.40. The lowest BCUT2D eigenvalue weighted by Gasteiger charge is -2.08. The molecule has 0 unspecified atom stereocenters. The molecular weight excluding hydrogens is 416 g/mol. The van der Waals surface area contributed by atoms with Crippen LogP contribution in [0.15, 0.2) is 45.6 Å². The Hall–Kier alpha value is -3.39. The van der Waals surface area contributed by atoms with Crippen LogP contribution >= 0.6 is 11.3 Å². The van der Waals surface area contributed by atoms with Crippen LogP contribution in [0, 0.1) is 0 Å². The first kappa shape index (κ1) is 19.6. The average molecular weight is 436 g/mol.